The first-order chi connectivity index (χ1) is 9.11. The molecule has 4 nitrogen and oxygen atoms in total. The minimum Gasteiger partial charge on any atom is -0.344 e. The van der Waals surface area contributed by atoms with Crippen LogP contribution < -0.4 is 10.6 Å². The van der Waals surface area contributed by atoms with Crippen LogP contribution in [0.3, 0.4) is 0 Å². The zero-order valence-electron chi connectivity index (χ0n) is 13.1. The number of nitrogens with one attached hydrogen (secondary N) is 2. The van der Waals surface area contributed by atoms with Gasteiger partial charge in [-0.05, 0) is 32.4 Å². The molecule has 0 spiro atoms. The van der Waals surface area contributed by atoms with Crippen LogP contribution in [0.5, 0.6) is 0 Å². The van der Waals surface area contributed by atoms with Crippen LogP contribution in [0, 0.1) is 19.3 Å². The molecule has 0 aromatic heterocycles. The molecular formula is C16H24N2O2. The highest BCUT2D eigenvalue weighted by Crippen LogP contribution is 2.17. The Kier molecular flexibility index (Phi) is 4.93. The van der Waals surface area contributed by atoms with Crippen molar-refractivity contribution < 1.29 is 9.59 Å². The predicted octanol–water partition coefficient (Wildman–Crippen LogP) is 2.79. The second kappa shape index (κ2) is 6.07. The molecule has 1 aromatic rings. The van der Waals surface area contributed by atoms with Crippen LogP contribution >= 0.6 is 0 Å². The Bertz CT molecular complexity index is 516. The number of anilines is 1. The van der Waals surface area contributed by atoms with E-state index < -0.39 is 11.5 Å². The first-order valence-electron chi connectivity index (χ1n) is 6.80. The second-order valence-corrected chi connectivity index (χ2v) is 6.25. The molecule has 0 aliphatic heterocycles. The van der Waals surface area contributed by atoms with Crippen LogP contribution in [0.15, 0.2) is 18.2 Å². The van der Waals surface area contributed by atoms with E-state index in [4.69, 9.17) is 0 Å². The van der Waals surface area contributed by atoms with Crippen molar-refractivity contribution in [3.63, 3.8) is 0 Å². The fourth-order valence-corrected chi connectivity index (χ4v) is 1.67. The third-order valence-electron chi connectivity index (χ3n) is 3.06. The molecule has 0 aliphatic carbocycles. The molecule has 1 aromatic carbocycles. The van der Waals surface area contributed by atoms with E-state index in [0.29, 0.717) is 0 Å². The standard InChI is InChI=1S/C16H24N2O2/c1-10-7-8-13(11(2)9-10)18-14(19)12(3)17-15(20)16(4,5)6/h7-9,12H,1-6H3,(H,17,20)(H,18,19). The van der Waals surface area contributed by atoms with E-state index in [-0.39, 0.29) is 11.8 Å². The minimum atomic E-state index is -0.567. The van der Waals surface area contributed by atoms with Crippen molar-refractivity contribution in [1.82, 2.24) is 5.32 Å². The van der Waals surface area contributed by atoms with E-state index >= 15 is 0 Å². The van der Waals surface area contributed by atoms with Gasteiger partial charge in [0.15, 0.2) is 0 Å². The number of hydrogen-bond acceptors (Lipinski definition) is 2. The van der Waals surface area contributed by atoms with Crippen LogP contribution in [0.1, 0.15) is 38.8 Å². The largest absolute Gasteiger partial charge is 0.344 e. The monoisotopic (exact) mass is 276 g/mol. The quantitative estimate of drug-likeness (QED) is 0.892. The molecule has 0 saturated heterocycles. The SMILES string of the molecule is Cc1ccc(NC(=O)C(C)NC(=O)C(C)(C)C)c(C)c1. The Morgan fingerprint density at radius 1 is 1.15 bits per heavy atom. The van der Waals surface area contributed by atoms with E-state index in [1.165, 1.54) is 0 Å². The second-order valence-electron chi connectivity index (χ2n) is 6.25. The third kappa shape index (κ3) is 4.37. The topological polar surface area (TPSA) is 58.2 Å². The van der Waals surface area contributed by atoms with Crippen LogP contribution in [-0.2, 0) is 9.59 Å². The molecule has 2 amide bonds. The van der Waals surface area contributed by atoms with Gasteiger partial charge in [-0.1, -0.05) is 38.5 Å². The first kappa shape index (κ1) is 16.2. The van der Waals surface area contributed by atoms with E-state index in [1.807, 2.05) is 52.8 Å². The Morgan fingerprint density at radius 3 is 2.25 bits per heavy atom. The van der Waals surface area contributed by atoms with Gasteiger partial charge in [-0.3, -0.25) is 9.59 Å². The van der Waals surface area contributed by atoms with Gasteiger partial charge in [0, 0.05) is 11.1 Å². The van der Waals surface area contributed by atoms with E-state index in [1.54, 1.807) is 6.92 Å². The normalized spacial score (nSPS) is 12.7. The number of carbonyl (C=O) groups excluding carboxylic acids is 2. The summed E-state index contributed by atoms with van der Waals surface area (Å²) in [5.41, 5.74) is 2.42. The molecule has 20 heavy (non-hydrogen) atoms. The van der Waals surface area contributed by atoms with Crippen molar-refractivity contribution in [1.29, 1.82) is 0 Å². The smallest absolute Gasteiger partial charge is 0.246 e. The van der Waals surface area contributed by atoms with Crippen molar-refractivity contribution >= 4 is 17.5 Å². The predicted molar refractivity (Wildman–Crippen MR) is 81.6 cm³/mol. The Balaban J connectivity index is 2.69. The van der Waals surface area contributed by atoms with Gasteiger partial charge in [0.2, 0.25) is 11.8 Å². The maximum atomic E-state index is 12.1. The summed E-state index contributed by atoms with van der Waals surface area (Å²) in [4.78, 5) is 23.9. The number of carbonyl (C=O) groups is 2. The van der Waals surface area contributed by atoms with Gasteiger partial charge in [-0.2, -0.15) is 0 Å². The van der Waals surface area contributed by atoms with Crippen molar-refractivity contribution in [3.05, 3.63) is 29.3 Å². The average molecular weight is 276 g/mol. The van der Waals surface area contributed by atoms with Crippen molar-refractivity contribution in [2.24, 2.45) is 5.41 Å². The number of amides is 2. The molecule has 1 unspecified atom stereocenters. The third-order valence-corrected chi connectivity index (χ3v) is 3.06. The molecule has 1 rings (SSSR count). The maximum absolute atomic E-state index is 12.1. The molecular weight excluding hydrogens is 252 g/mol. The molecule has 0 heterocycles. The Labute approximate surface area is 121 Å². The summed E-state index contributed by atoms with van der Waals surface area (Å²) in [7, 11) is 0. The van der Waals surface area contributed by atoms with E-state index in [9.17, 15) is 9.59 Å². The molecule has 0 fully saturated rings. The lowest BCUT2D eigenvalue weighted by Crippen LogP contribution is -2.46. The fraction of sp³-hybridized carbons (Fsp3) is 0.500. The first-order valence-corrected chi connectivity index (χ1v) is 6.80. The summed E-state index contributed by atoms with van der Waals surface area (Å²) in [6, 6.07) is 5.26. The molecule has 0 radical (unpaired) electrons. The van der Waals surface area contributed by atoms with Crippen LogP contribution in [0.2, 0.25) is 0 Å². The molecule has 4 heteroatoms. The number of rotatable bonds is 3. The number of aryl methyl sites for hydroxylation is 2. The lowest BCUT2D eigenvalue weighted by atomic mass is 9.95. The Hall–Kier alpha value is -1.84. The van der Waals surface area contributed by atoms with Gasteiger partial charge >= 0.3 is 0 Å². The Morgan fingerprint density at radius 2 is 1.75 bits per heavy atom. The molecule has 0 bridgehead atoms. The molecule has 2 N–H and O–H groups in total. The van der Waals surface area contributed by atoms with Crippen LogP contribution in [0.25, 0.3) is 0 Å². The molecule has 0 saturated carbocycles. The van der Waals surface area contributed by atoms with Gasteiger partial charge in [0.1, 0.15) is 6.04 Å². The summed E-state index contributed by atoms with van der Waals surface area (Å²) >= 11 is 0. The highest BCUT2D eigenvalue weighted by atomic mass is 16.2. The molecule has 110 valence electrons. The lowest BCUT2D eigenvalue weighted by molar-refractivity contribution is -0.131. The van der Waals surface area contributed by atoms with Crippen molar-refractivity contribution in [3.8, 4) is 0 Å². The van der Waals surface area contributed by atoms with Gasteiger partial charge < -0.3 is 10.6 Å². The highest BCUT2D eigenvalue weighted by molar-refractivity contribution is 5.98. The maximum Gasteiger partial charge on any atom is 0.246 e. The minimum absolute atomic E-state index is 0.138. The van der Waals surface area contributed by atoms with Crippen molar-refractivity contribution in [2.45, 2.75) is 47.6 Å². The summed E-state index contributed by atoms with van der Waals surface area (Å²) in [5, 5.41) is 5.56. The van der Waals surface area contributed by atoms with Gasteiger partial charge in [-0.25, -0.2) is 0 Å². The van der Waals surface area contributed by atoms with Crippen LogP contribution in [0.4, 0.5) is 5.69 Å². The summed E-state index contributed by atoms with van der Waals surface area (Å²) in [5.74, 6) is -0.352. The fourth-order valence-electron chi connectivity index (χ4n) is 1.67. The van der Waals surface area contributed by atoms with Gasteiger partial charge in [0.25, 0.3) is 0 Å². The van der Waals surface area contributed by atoms with E-state index in [0.717, 1.165) is 16.8 Å². The molecule has 0 aliphatic rings. The molecule has 1 atom stereocenters. The number of benzene rings is 1. The van der Waals surface area contributed by atoms with Gasteiger partial charge in [-0.15, -0.1) is 0 Å². The zero-order valence-corrected chi connectivity index (χ0v) is 13.1. The summed E-state index contributed by atoms with van der Waals surface area (Å²) < 4.78 is 0. The highest BCUT2D eigenvalue weighted by Gasteiger charge is 2.25. The number of hydrogen-bond donors (Lipinski definition) is 2. The van der Waals surface area contributed by atoms with Crippen LogP contribution in [-0.4, -0.2) is 17.9 Å². The van der Waals surface area contributed by atoms with E-state index in [2.05, 4.69) is 10.6 Å². The average Bonchev–Trinajstić information content (AvgIpc) is 2.31. The summed E-state index contributed by atoms with van der Waals surface area (Å²) in [6.45, 7) is 11.1. The zero-order chi connectivity index (χ0) is 15.5. The summed E-state index contributed by atoms with van der Waals surface area (Å²) in [6.07, 6.45) is 0. The van der Waals surface area contributed by atoms with Crippen molar-refractivity contribution in [2.75, 3.05) is 5.32 Å². The van der Waals surface area contributed by atoms with Gasteiger partial charge in [0.05, 0.1) is 0 Å². The lowest BCUT2D eigenvalue weighted by Gasteiger charge is -2.21.